The number of halogens is 3. The first-order chi connectivity index (χ1) is 15.0. The number of carbonyl (C=O) groups is 3. The second-order valence-corrected chi connectivity index (χ2v) is 9.68. The fourth-order valence-electron chi connectivity index (χ4n) is 2.64. The molecule has 8 nitrogen and oxygen atoms in total. The third-order valence-electron chi connectivity index (χ3n) is 4.23. The van der Waals surface area contributed by atoms with Crippen LogP contribution in [0.4, 0.5) is 5.00 Å². The Kier molecular flexibility index (Phi) is 9.03. The van der Waals surface area contributed by atoms with Crippen molar-refractivity contribution in [3.05, 3.63) is 45.8 Å². The largest absolute Gasteiger partial charge is 0.497 e. The Hall–Kier alpha value is -2.20. The standard InChI is InChI=1S/C20H21Cl3N2O6S/c1-5-31-18(28)14-10(2)13(17(27)30-4)16(32-14)25-19(20(21,22)23)24-15(26)11-6-8-12(29-3)9-7-11/h6-9,19,25H,5H2,1-4H3,(H,24,26). The van der Waals surface area contributed by atoms with Gasteiger partial charge in [0, 0.05) is 5.56 Å². The van der Waals surface area contributed by atoms with Crippen molar-refractivity contribution < 1.29 is 28.6 Å². The van der Waals surface area contributed by atoms with Crippen molar-refractivity contribution in [1.29, 1.82) is 0 Å². The van der Waals surface area contributed by atoms with Gasteiger partial charge in [-0.25, -0.2) is 9.59 Å². The summed E-state index contributed by atoms with van der Waals surface area (Å²) >= 11 is 19.2. The first-order valence-corrected chi connectivity index (χ1v) is 11.2. The van der Waals surface area contributed by atoms with Crippen molar-refractivity contribution in [3.8, 4) is 5.75 Å². The lowest BCUT2D eigenvalue weighted by Crippen LogP contribution is -2.49. The van der Waals surface area contributed by atoms with Crippen LogP contribution in [0.15, 0.2) is 24.3 Å². The zero-order chi connectivity index (χ0) is 24.1. The van der Waals surface area contributed by atoms with E-state index in [9.17, 15) is 14.4 Å². The van der Waals surface area contributed by atoms with Gasteiger partial charge in [0.1, 0.15) is 21.8 Å². The summed E-state index contributed by atoms with van der Waals surface area (Å²) in [5.41, 5.74) is 0.695. The van der Waals surface area contributed by atoms with E-state index < -0.39 is 27.8 Å². The molecule has 0 aliphatic rings. The lowest BCUT2D eigenvalue weighted by molar-refractivity contribution is 0.0531. The number of methoxy groups -OCH3 is 2. The number of nitrogens with one attached hydrogen (secondary N) is 2. The van der Waals surface area contributed by atoms with E-state index in [0.29, 0.717) is 11.3 Å². The number of hydrogen-bond donors (Lipinski definition) is 2. The molecule has 0 saturated carbocycles. The van der Waals surface area contributed by atoms with Gasteiger partial charge >= 0.3 is 11.9 Å². The third kappa shape index (κ3) is 6.19. The van der Waals surface area contributed by atoms with Gasteiger partial charge in [-0.2, -0.15) is 0 Å². The normalized spacial score (nSPS) is 12.0. The number of ether oxygens (including phenoxy) is 3. The van der Waals surface area contributed by atoms with Crippen LogP contribution in [0.3, 0.4) is 0 Å². The molecule has 1 aromatic carbocycles. The van der Waals surface area contributed by atoms with Gasteiger partial charge in [-0.3, -0.25) is 4.79 Å². The molecule has 1 heterocycles. The zero-order valence-electron chi connectivity index (χ0n) is 17.6. The molecular weight excluding hydrogens is 503 g/mol. The Morgan fingerprint density at radius 2 is 1.72 bits per heavy atom. The van der Waals surface area contributed by atoms with E-state index in [0.717, 1.165) is 11.3 Å². The number of alkyl halides is 3. The number of esters is 2. The van der Waals surface area contributed by atoms with Crippen molar-refractivity contribution in [2.75, 3.05) is 26.1 Å². The quantitative estimate of drug-likeness (QED) is 0.297. The number of hydrogen-bond acceptors (Lipinski definition) is 8. The van der Waals surface area contributed by atoms with Crippen molar-refractivity contribution in [2.24, 2.45) is 0 Å². The summed E-state index contributed by atoms with van der Waals surface area (Å²) in [7, 11) is 2.70. The second kappa shape index (κ2) is 11.1. The summed E-state index contributed by atoms with van der Waals surface area (Å²) in [4.78, 5) is 37.6. The molecule has 0 radical (unpaired) electrons. The molecular formula is C20H21Cl3N2O6S. The highest BCUT2D eigenvalue weighted by Crippen LogP contribution is 2.38. The first kappa shape index (κ1) is 26.1. The van der Waals surface area contributed by atoms with E-state index >= 15 is 0 Å². The van der Waals surface area contributed by atoms with Crippen LogP contribution in [0.1, 0.15) is 42.9 Å². The Morgan fingerprint density at radius 1 is 1.09 bits per heavy atom. The molecule has 2 N–H and O–H groups in total. The van der Waals surface area contributed by atoms with Crippen LogP contribution in [-0.2, 0) is 9.47 Å². The molecule has 0 saturated heterocycles. The van der Waals surface area contributed by atoms with Gasteiger partial charge in [-0.15, -0.1) is 11.3 Å². The molecule has 1 atom stereocenters. The predicted molar refractivity (Wildman–Crippen MR) is 125 cm³/mol. The maximum atomic E-state index is 12.7. The monoisotopic (exact) mass is 522 g/mol. The van der Waals surface area contributed by atoms with Gasteiger partial charge in [-0.05, 0) is 43.7 Å². The number of amides is 1. The van der Waals surface area contributed by atoms with Gasteiger partial charge in [-0.1, -0.05) is 34.8 Å². The SMILES string of the molecule is CCOC(=O)c1sc(NC(NC(=O)c2ccc(OC)cc2)C(Cl)(Cl)Cl)c(C(=O)OC)c1C. The molecule has 1 amide bonds. The topological polar surface area (TPSA) is 103 Å². The number of thiophene rings is 1. The van der Waals surface area contributed by atoms with Crippen molar-refractivity contribution >= 4 is 69.0 Å². The summed E-state index contributed by atoms with van der Waals surface area (Å²) < 4.78 is 12.9. The lowest BCUT2D eigenvalue weighted by Gasteiger charge is -2.27. The number of carbonyl (C=O) groups excluding carboxylic acids is 3. The maximum Gasteiger partial charge on any atom is 0.348 e. The first-order valence-electron chi connectivity index (χ1n) is 9.20. The Balaban J connectivity index is 2.39. The van der Waals surface area contributed by atoms with Gasteiger partial charge in [0.15, 0.2) is 0 Å². The molecule has 0 fully saturated rings. The van der Waals surface area contributed by atoms with Crippen LogP contribution in [0.5, 0.6) is 5.75 Å². The van der Waals surface area contributed by atoms with Gasteiger partial charge in [0.25, 0.3) is 5.91 Å². The fourth-order valence-corrected chi connectivity index (χ4v) is 4.09. The van der Waals surface area contributed by atoms with Crippen LogP contribution in [0.25, 0.3) is 0 Å². The summed E-state index contributed by atoms with van der Waals surface area (Å²) in [5.74, 6) is -1.29. The molecule has 0 spiro atoms. The Morgan fingerprint density at radius 3 is 2.22 bits per heavy atom. The molecule has 2 aromatic rings. The molecule has 0 aliphatic heterocycles. The number of benzene rings is 1. The van der Waals surface area contributed by atoms with Crippen LogP contribution >= 0.6 is 46.1 Å². The minimum absolute atomic E-state index is 0.0681. The number of anilines is 1. The van der Waals surface area contributed by atoms with E-state index in [1.807, 2.05) is 0 Å². The minimum atomic E-state index is -2.02. The third-order valence-corrected chi connectivity index (χ3v) is 6.09. The highest BCUT2D eigenvalue weighted by Gasteiger charge is 2.37. The van der Waals surface area contributed by atoms with Crippen LogP contribution in [-0.4, -0.2) is 48.6 Å². The average molecular weight is 524 g/mol. The molecule has 0 aliphatic carbocycles. The van der Waals surface area contributed by atoms with E-state index in [-0.39, 0.29) is 27.6 Å². The van der Waals surface area contributed by atoms with Crippen molar-refractivity contribution in [1.82, 2.24) is 5.32 Å². The summed E-state index contributed by atoms with van der Waals surface area (Å²) in [6.07, 6.45) is -1.27. The van der Waals surface area contributed by atoms with Crippen LogP contribution < -0.4 is 15.4 Å². The van der Waals surface area contributed by atoms with E-state index in [4.69, 9.17) is 49.0 Å². The highest BCUT2D eigenvalue weighted by molar-refractivity contribution is 7.18. The maximum absolute atomic E-state index is 12.7. The molecule has 12 heteroatoms. The summed E-state index contributed by atoms with van der Waals surface area (Å²) in [6.45, 7) is 3.39. The summed E-state index contributed by atoms with van der Waals surface area (Å²) in [5, 5.41) is 5.59. The number of rotatable bonds is 8. The molecule has 32 heavy (non-hydrogen) atoms. The zero-order valence-corrected chi connectivity index (χ0v) is 20.7. The minimum Gasteiger partial charge on any atom is -0.497 e. The molecule has 1 unspecified atom stereocenters. The fraction of sp³-hybridized carbons (Fsp3) is 0.350. The smallest absolute Gasteiger partial charge is 0.348 e. The predicted octanol–water partition coefficient (Wildman–Crippen LogP) is 4.57. The van der Waals surface area contributed by atoms with E-state index in [2.05, 4.69) is 10.6 Å². The van der Waals surface area contributed by atoms with Gasteiger partial charge in [0.2, 0.25) is 3.79 Å². The van der Waals surface area contributed by atoms with E-state index in [1.165, 1.54) is 26.4 Å². The van der Waals surface area contributed by atoms with Crippen molar-refractivity contribution in [3.63, 3.8) is 0 Å². The van der Waals surface area contributed by atoms with Crippen molar-refractivity contribution in [2.45, 2.75) is 23.8 Å². The van der Waals surface area contributed by atoms with Gasteiger partial charge < -0.3 is 24.8 Å². The summed E-state index contributed by atoms with van der Waals surface area (Å²) in [6, 6.07) is 6.29. The van der Waals surface area contributed by atoms with Crippen LogP contribution in [0, 0.1) is 6.92 Å². The lowest BCUT2D eigenvalue weighted by atomic mass is 10.1. The molecule has 174 valence electrons. The molecule has 2 rings (SSSR count). The average Bonchev–Trinajstić information content (AvgIpc) is 3.08. The molecule has 1 aromatic heterocycles. The Bertz CT molecular complexity index is 988. The molecule has 0 bridgehead atoms. The second-order valence-electron chi connectivity index (χ2n) is 6.29. The van der Waals surface area contributed by atoms with Crippen LogP contribution in [0.2, 0.25) is 0 Å². The van der Waals surface area contributed by atoms with E-state index in [1.54, 1.807) is 26.0 Å². The Labute approximate surface area is 204 Å². The van der Waals surface area contributed by atoms with Gasteiger partial charge in [0.05, 0.1) is 26.4 Å². The highest BCUT2D eigenvalue weighted by atomic mass is 35.6.